The fraction of sp³-hybridized carbons (Fsp3) is 0.321. The van der Waals surface area contributed by atoms with Crippen molar-refractivity contribution in [2.45, 2.75) is 33.1 Å². The van der Waals surface area contributed by atoms with Crippen LogP contribution in [0.15, 0.2) is 73.1 Å². The van der Waals surface area contributed by atoms with Gasteiger partial charge in [-0.2, -0.15) is 0 Å². The Morgan fingerprint density at radius 3 is 2.61 bits per heavy atom. The highest BCUT2D eigenvalue weighted by molar-refractivity contribution is 5.95. The van der Waals surface area contributed by atoms with Crippen molar-refractivity contribution in [2.24, 2.45) is 5.41 Å². The molecule has 0 unspecified atom stereocenters. The van der Waals surface area contributed by atoms with Crippen LogP contribution in [0.1, 0.15) is 41.3 Å². The lowest BCUT2D eigenvalue weighted by atomic mass is 9.78. The second-order valence-electron chi connectivity index (χ2n) is 8.95. The number of hydrogen-bond donors (Lipinski definition) is 1. The average Bonchev–Trinajstić information content (AvgIpc) is 3.28. The molecule has 1 aliphatic rings. The van der Waals surface area contributed by atoms with E-state index in [0.717, 1.165) is 23.1 Å². The molecule has 33 heavy (non-hydrogen) atoms. The summed E-state index contributed by atoms with van der Waals surface area (Å²) in [4.78, 5) is 32.4. The zero-order valence-corrected chi connectivity index (χ0v) is 19.4. The van der Waals surface area contributed by atoms with Gasteiger partial charge in [0.2, 0.25) is 5.91 Å². The van der Waals surface area contributed by atoms with Gasteiger partial charge in [-0.1, -0.05) is 61.0 Å². The smallest absolute Gasteiger partial charge is 0.253 e. The Hall–Kier alpha value is -3.47. The highest BCUT2D eigenvalue weighted by Gasteiger charge is 2.46. The molecule has 2 amide bonds. The number of rotatable bonds is 7. The molecule has 170 valence electrons. The van der Waals surface area contributed by atoms with Gasteiger partial charge in [-0.25, -0.2) is 0 Å². The first-order valence-electron chi connectivity index (χ1n) is 11.6. The van der Waals surface area contributed by atoms with E-state index in [1.165, 1.54) is 5.56 Å². The molecule has 1 atom stereocenters. The van der Waals surface area contributed by atoms with Gasteiger partial charge in [-0.05, 0) is 55.0 Å². The summed E-state index contributed by atoms with van der Waals surface area (Å²) in [7, 11) is 0. The van der Waals surface area contributed by atoms with E-state index in [-0.39, 0.29) is 11.8 Å². The van der Waals surface area contributed by atoms with Crippen molar-refractivity contribution >= 4 is 11.8 Å². The third-order valence-electron chi connectivity index (χ3n) is 6.46. The minimum absolute atomic E-state index is 0.0356. The first-order chi connectivity index (χ1) is 16.0. The molecule has 0 saturated carbocycles. The van der Waals surface area contributed by atoms with Crippen LogP contribution in [-0.2, 0) is 11.2 Å². The van der Waals surface area contributed by atoms with E-state index in [2.05, 4.69) is 53.6 Å². The minimum atomic E-state index is -0.655. The quantitative estimate of drug-likeness (QED) is 0.580. The van der Waals surface area contributed by atoms with Crippen LogP contribution in [-0.4, -0.2) is 41.3 Å². The molecule has 5 nitrogen and oxygen atoms in total. The van der Waals surface area contributed by atoms with Crippen LogP contribution in [0.5, 0.6) is 0 Å². The average molecular weight is 442 g/mol. The number of nitrogens with one attached hydrogen (secondary N) is 1. The van der Waals surface area contributed by atoms with Crippen molar-refractivity contribution in [3.8, 4) is 11.1 Å². The summed E-state index contributed by atoms with van der Waals surface area (Å²) < 4.78 is 0. The van der Waals surface area contributed by atoms with E-state index < -0.39 is 5.41 Å². The van der Waals surface area contributed by atoms with Crippen molar-refractivity contribution in [1.29, 1.82) is 0 Å². The van der Waals surface area contributed by atoms with Crippen LogP contribution in [0.25, 0.3) is 11.1 Å². The van der Waals surface area contributed by atoms with Crippen molar-refractivity contribution in [1.82, 2.24) is 15.2 Å². The largest absolute Gasteiger partial charge is 0.356 e. The topological polar surface area (TPSA) is 62.3 Å². The number of benzene rings is 2. The first kappa shape index (κ1) is 22.7. The molecule has 0 bridgehead atoms. The molecule has 0 spiro atoms. The summed E-state index contributed by atoms with van der Waals surface area (Å²) in [5.41, 5.74) is 4.58. The number of hydrogen-bond acceptors (Lipinski definition) is 3. The van der Waals surface area contributed by atoms with E-state index in [1.54, 1.807) is 24.5 Å². The molecule has 1 aliphatic heterocycles. The standard InChI is InChI=1S/C28H31N3O2/c1-3-14-30-27(33)28(13-17-31(20-28)26(32)22-11-15-29-16-12-22)19-24-8-4-5-10-25(24)23-9-6-7-21(2)18-23/h4-12,15-16,18H,3,13-14,17,19-20H2,1-2H3,(H,30,33)/t28-/m0/s1. The van der Waals surface area contributed by atoms with Crippen LogP contribution in [0.4, 0.5) is 0 Å². The van der Waals surface area contributed by atoms with E-state index in [9.17, 15) is 9.59 Å². The van der Waals surface area contributed by atoms with Crippen LogP contribution >= 0.6 is 0 Å². The Morgan fingerprint density at radius 1 is 1.06 bits per heavy atom. The van der Waals surface area contributed by atoms with Crippen LogP contribution < -0.4 is 5.32 Å². The van der Waals surface area contributed by atoms with Gasteiger partial charge in [-0.15, -0.1) is 0 Å². The first-order valence-corrected chi connectivity index (χ1v) is 11.6. The molecule has 3 aromatic rings. The van der Waals surface area contributed by atoms with E-state index in [1.807, 2.05) is 24.0 Å². The number of carbonyl (C=O) groups excluding carboxylic acids is 2. The summed E-state index contributed by atoms with van der Waals surface area (Å²) in [6.07, 6.45) is 5.36. The Bertz CT molecular complexity index is 1130. The number of amides is 2. The van der Waals surface area contributed by atoms with Crippen molar-refractivity contribution in [3.05, 3.63) is 89.7 Å². The number of aryl methyl sites for hydroxylation is 1. The maximum Gasteiger partial charge on any atom is 0.253 e. The monoisotopic (exact) mass is 441 g/mol. The van der Waals surface area contributed by atoms with Crippen molar-refractivity contribution in [2.75, 3.05) is 19.6 Å². The second-order valence-corrected chi connectivity index (χ2v) is 8.95. The van der Waals surface area contributed by atoms with Gasteiger partial charge in [0, 0.05) is 37.6 Å². The zero-order valence-electron chi connectivity index (χ0n) is 19.4. The Kier molecular flexibility index (Phi) is 6.87. The molecule has 4 rings (SSSR count). The molecule has 1 fully saturated rings. The molecule has 1 N–H and O–H groups in total. The maximum absolute atomic E-state index is 13.5. The number of likely N-dealkylation sites (tertiary alicyclic amines) is 1. The van der Waals surface area contributed by atoms with Crippen LogP contribution in [0.3, 0.4) is 0 Å². The number of carbonyl (C=O) groups is 2. The number of nitrogens with zero attached hydrogens (tertiary/aromatic N) is 2. The van der Waals surface area contributed by atoms with E-state index >= 15 is 0 Å². The van der Waals surface area contributed by atoms with Gasteiger partial charge in [0.25, 0.3) is 5.91 Å². The summed E-state index contributed by atoms with van der Waals surface area (Å²) in [6, 6.07) is 20.2. The van der Waals surface area contributed by atoms with Crippen LogP contribution in [0.2, 0.25) is 0 Å². The lowest BCUT2D eigenvalue weighted by Crippen LogP contribution is -2.45. The molecule has 2 heterocycles. The SMILES string of the molecule is CCCNC(=O)[C@]1(Cc2ccccc2-c2cccc(C)c2)CCN(C(=O)c2ccncc2)C1. The Morgan fingerprint density at radius 2 is 1.85 bits per heavy atom. The van der Waals surface area contributed by atoms with Crippen molar-refractivity contribution in [3.63, 3.8) is 0 Å². The fourth-order valence-corrected chi connectivity index (χ4v) is 4.69. The highest BCUT2D eigenvalue weighted by Crippen LogP contribution is 2.38. The Labute approximate surface area is 195 Å². The van der Waals surface area contributed by atoms with Gasteiger partial charge < -0.3 is 10.2 Å². The summed E-state index contributed by atoms with van der Waals surface area (Å²) in [5, 5.41) is 3.12. The van der Waals surface area contributed by atoms with E-state index in [4.69, 9.17) is 0 Å². The summed E-state index contributed by atoms with van der Waals surface area (Å²) >= 11 is 0. The molecular formula is C28H31N3O2. The molecule has 5 heteroatoms. The van der Waals surface area contributed by atoms with Gasteiger partial charge in [0.1, 0.15) is 0 Å². The van der Waals surface area contributed by atoms with E-state index in [0.29, 0.717) is 38.0 Å². The molecule has 0 aliphatic carbocycles. The van der Waals surface area contributed by atoms with Crippen molar-refractivity contribution < 1.29 is 9.59 Å². The third-order valence-corrected chi connectivity index (χ3v) is 6.46. The lowest BCUT2D eigenvalue weighted by Gasteiger charge is -2.29. The fourth-order valence-electron chi connectivity index (χ4n) is 4.69. The zero-order chi connectivity index (χ0) is 23.3. The van der Waals surface area contributed by atoms with Gasteiger partial charge in [0.15, 0.2) is 0 Å². The molecule has 0 radical (unpaired) electrons. The van der Waals surface area contributed by atoms with Crippen LogP contribution in [0, 0.1) is 12.3 Å². The maximum atomic E-state index is 13.5. The predicted molar refractivity (Wildman–Crippen MR) is 131 cm³/mol. The minimum Gasteiger partial charge on any atom is -0.356 e. The third kappa shape index (κ3) is 4.98. The molecule has 2 aromatic carbocycles. The lowest BCUT2D eigenvalue weighted by molar-refractivity contribution is -0.130. The van der Waals surface area contributed by atoms with Gasteiger partial charge in [0.05, 0.1) is 5.41 Å². The van der Waals surface area contributed by atoms with Gasteiger partial charge in [-0.3, -0.25) is 14.6 Å². The molecule has 1 saturated heterocycles. The second kappa shape index (κ2) is 9.99. The van der Waals surface area contributed by atoms with Gasteiger partial charge >= 0.3 is 0 Å². The number of pyridine rings is 1. The molecular weight excluding hydrogens is 410 g/mol. The Balaban J connectivity index is 1.66. The normalized spacial score (nSPS) is 17.7. The highest BCUT2D eigenvalue weighted by atomic mass is 16.2. The molecule has 1 aromatic heterocycles. The summed E-state index contributed by atoms with van der Waals surface area (Å²) in [5.74, 6) is -0.0111. The predicted octanol–water partition coefficient (Wildman–Crippen LogP) is 4.66. The summed E-state index contributed by atoms with van der Waals surface area (Å²) in [6.45, 7) is 5.75. The number of aromatic nitrogens is 1.